The number of allylic oxidation sites excluding steroid dienone is 3. The third-order valence-electron chi connectivity index (χ3n) is 5.10. The van der Waals surface area contributed by atoms with Crippen molar-refractivity contribution in [2.45, 2.75) is 12.5 Å². The number of halogens is 1. The number of fused-ring (bicyclic) bond motifs is 5. The topological polar surface area (TPSA) is 69.4 Å². The van der Waals surface area contributed by atoms with Crippen LogP contribution in [0.15, 0.2) is 47.0 Å². The fraction of sp³-hybridized carbons (Fsp3) is 0.353. The van der Waals surface area contributed by atoms with Gasteiger partial charge in [0.1, 0.15) is 6.10 Å². The van der Waals surface area contributed by atoms with Gasteiger partial charge in [-0.2, -0.15) is 0 Å². The molecule has 0 N–H and O–H groups in total. The second kappa shape index (κ2) is 5.30. The van der Waals surface area contributed by atoms with Crippen LogP contribution >= 0.6 is 15.9 Å². The lowest BCUT2D eigenvalue weighted by Gasteiger charge is -2.26. The Kier molecular flexibility index (Phi) is 3.37. The van der Waals surface area contributed by atoms with E-state index >= 15 is 0 Å². The van der Waals surface area contributed by atoms with Crippen molar-refractivity contribution in [3.8, 4) is 0 Å². The molecule has 0 spiro atoms. The number of esters is 1. The van der Waals surface area contributed by atoms with Crippen LogP contribution in [0.2, 0.25) is 0 Å². The first-order valence-electron chi connectivity index (χ1n) is 7.55. The van der Waals surface area contributed by atoms with E-state index in [4.69, 9.17) is 4.74 Å². The number of carbonyl (C=O) groups excluding carboxylic acids is 1. The minimum atomic E-state index is -0.488. The molecule has 5 nitrogen and oxygen atoms in total. The summed E-state index contributed by atoms with van der Waals surface area (Å²) in [4.78, 5) is 22.5. The van der Waals surface area contributed by atoms with E-state index in [9.17, 15) is 14.9 Å². The molecule has 0 saturated heterocycles. The summed E-state index contributed by atoms with van der Waals surface area (Å²) in [6.07, 6.45) is 7.55. The fourth-order valence-corrected chi connectivity index (χ4v) is 4.76. The fourth-order valence-electron chi connectivity index (χ4n) is 4.06. The number of rotatable bonds is 3. The SMILES string of the molecule is O=C(O[C@@H]1C(Br)=C[C@@H]2[C@H]1[C@H]1C=C[C@H]2C1)c1ccc([N+](=O)[O-])cc1. The molecule has 2 bridgehead atoms. The quantitative estimate of drug-likeness (QED) is 0.348. The lowest BCUT2D eigenvalue weighted by atomic mass is 9.84. The Labute approximate surface area is 141 Å². The molecule has 3 aliphatic rings. The van der Waals surface area contributed by atoms with E-state index in [0.717, 1.165) is 10.9 Å². The van der Waals surface area contributed by atoms with Gasteiger partial charge < -0.3 is 4.74 Å². The molecule has 0 unspecified atom stereocenters. The van der Waals surface area contributed by atoms with Crippen molar-refractivity contribution in [2.75, 3.05) is 0 Å². The van der Waals surface area contributed by atoms with Gasteiger partial charge >= 0.3 is 5.97 Å². The Hall–Kier alpha value is -1.95. The molecule has 0 radical (unpaired) electrons. The van der Waals surface area contributed by atoms with Crippen LogP contribution in [0.4, 0.5) is 5.69 Å². The summed E-state index contributed by atoms with van der Waals surface area (Å²) in [5.41, 5.74) is 0.292. The first-order valence-corrected chi connectivity index (χ1v) is 8.35. The van der Waals surface area contributed by atoms with Gasteiger partial charge in [-0.05, 0) is 36.3 Å². The van der Waals surface area contributed by atoms with Crippen molar-refractivity contribution in [1.29, 1.82) is 0 Å². The van der Waals surface area contributed by atoms with Crippen LogP contribution in [-0.4, -0.2) is 17.0 Å². The minimum absolute atomic E-state index is 0.0400. The van der Waals surface area contributed by atoms with E-state index in [0.29, 0.717) is 29.2 Å². The number of hydrogen-bond donors (Lipinski definition) is 0. The van der Waals surface area contributed by atoms with Crippen molar-refractivity contribution in [3.63, 3.8) is 0 Å². The first kappa shape index (κ1) is 14.6. The van der Waals surface area contributed by atoms with E-state index in [1.54, 1.807) is 0 Å². The number of nitro benzene ring substituents is 1. The second-order valence-corrected chi connectivity index (χ2v) is 7.20. The van der Waals surface area contributed by atoms with Crippen LogP contribution in [0.3, 0.4) is 0 Å². The molecule has 118 valence electrons. The van der Waals surface area contributed by atoms with Gasteiger partial charge in [-0.1, -0.05) is 34.2 Å². The molecule has 1 aromatic carbocycles. The summed E-state index contributed by atoms with van der Waals surface area (Å²) in [6, 6.07) is 5.51. The predicted octanol–water partition coefficient (Wildman–Crippen LogP) is 3.85. The van der Waals surface area contributed by atoms with Gasteiger partial charge in [0.05, 0.1) is 10.5 Å². The van der Waals surface area contributed by atoms with E-state index in [1.807, 2.05) is 0 Å². The van der Waals surface area contributed by atoms with Crippen molar-refractivity contribution in [2.24, 2.45) is 23.7 Å². The number of nitrogens with zero attached hydrogens (tertiary/aromatic N) is 1. The zero-order chi connectivity index (χ0) is 16.1. The Bertz CT molecular complexity index is 739. The van der Waals surface area contributed by atoms with Gasteiger partial charge in [0.15, 0.2) is 0 Å². The summed E-state index contributed by atoms with van der Waals surface area (Å²) in [5, 5.41) is 10.7. The van der Waals surface area contributed by atoms with Crippen LogP contribution < -0.4 is 0 Å². The van der Waals surface area contributed by atoms with Crippen LogP contribution in [0.25, 0.3) is 0 Å². The number of carbonyl (C=O) groups is 1. The number of nitro groups is 1. The van der Waals surface area contributed by atoms with E-state index in [2.05, 4.69) is 34.2 Å². The highest BCUT2D eigenvalue weighted by atomic mass is 79.9. The molecule has 1 aromatic rings. The van der Waals surface area contributed by atoms with Crippen molar-refractivity contribution >= 4 is 27.6 Å². The normalized spacial score (nSPS) is 33.4. The lowest BCUT2D eigenvalue weighted by Crippen LogP contribution is -2.30. The van der Waals surface area contributed by atoms with Gasteiger partial charge in [0, 0.05) is 22.5 Å². The summed E-state index contributed by atoms with van der Waals surface area (Å²) in [5.74, 6) is 1.32. The van der Waals surface area contributed by atoms with Gasteiger partial charge in [-0.25, -0.2) is 4.79 Å². The maximum Gasteiger partial charge on any atom is 0.338 e. The van der Waals surface area contributed by atoms with Gasteiger partial charge in [-0.15, -0.1) is 0 Å². The molecular formula is C17H14BrNO4. The molecule has 0 aromatic heterocycles. The Morgan fingerprint density at radius 1 is 1.22 bits per heavy atom. The molecule has 6 heteroatoms. The Balaban J connectivity index is 1.51. The first-order chi connectivity index (χ1) is 11.0. The van der Waals surface area contributed by atoms with Crippen LogP contribution in [0.1, 0.15) is 16.8 Å². The van der Waals surface area contributed by atoms with E-state index in [1.165, 1.54) is 24.3 Å². The molecule has 1 fully saturated rings. The smallest absolute Gasteiger partial charge is 0.338 e. The molecular weight excluding hydrogens is 362 g/mol. The zero-order valence-electron chi connectivity index (χ0n) is 12.1. The lowest BCUT2D eigenvalue weighted by molar-refractivity contribution is -0.384. The maximum atomic E-state index is 12.4. The minimum Gasteiger partial charge on any atom is -0.453 e. The predicted molar refractivity (Wildman–Crippen MR) is 87.0 cm³/mol. The van der Waals surface area contributed by atoms with Gasteiger partial charge in [-0.3, -0.25) is 10.1 Å². The number of hydrogen-bond acceptors (Lipinski definition) is 4. The number of benzene rings is 1. The molecule has 1 saturated carbocycles. The second-order valence-electron chi connectivity index (χ2n) is 6.28. The summed E-state index contributed by atoms with van der Waals surface area (Å²) < 4.78 is 6.65. The largest absolute Gasteiger partial charge is 0.453 e. The molecule has 0 aliphatic heterocycles. The van der Waals surface area contributed by atoms with E-state index < -0.39 is 10.9 Å². The number of ether oxygens (including phenoxy) is 1. The van der Waals surface area contributed by atoms with Gasteiger partial charge in [0.25, 0.3) is 5.69 Å². The third-order valence-corrected chi connectivity index (χ3v) is 5.82. The average molecular weight is 376 g/mol. The Morgan fingerprint density at radius 2 is 1.91 bits per heavy atom. The van der Waals surface area contributed by atoms with Crippen LogP contribution in [0.5, 0.6) is 0 Å². The van der Waals surface area contributed by atoms with Crippen molar-refractivity contribution in [1.82, 2.24) is 0 Å². The van der Waals surface area contributed by atoms with E-state index in [-0.39, 0.29) is 11.8 Å². The highest BCUT2D eigenvalue weighted by Crippen LogP contribution is 2.56. The highest BCUT2D eigenvalue weighted by molar-refractivity contribution is 9.11. The third kappa shape index (κ3) is 2.32. The highest BCUT2D eigenvalue weighted by Gasteiger charge is 2.52. The summed E-state index contributed by atoms with van der Waals surface area (Å²) in [7, 11) is 0. The molecule has 4 rings (SSSR count). The molecule has 3 aliphatic carbocycles. The maximum absolute atomic E-state index is 12.4. The molecule has 0 heterocycles. The molecule has 0 amide bonds. The van der Waals surface area contributed by atoms with Crippen molar-refractivity contribution in [3.05, 3.63) is 62.7 Å². The molecule has 5 atom stereocenters. The Morgan fingerprint density at radius 3 is 2.61 bits per heavy atom. The zero-order valence-corrected chi connectivity index (χ0v) is 13.7. The van der Waals surface area contributed by atoms with Crippen LogP contribution in [-0.2, 0) is 4.74 Å². The summed E-state index contributed by atoms with van der Waals surface area (Å²) >= 11 is 3.54. The average Bonchev–Trinajstić information content (AvgIpc) is 3.21. The van der Waals surface area contributed by atoms with Crippen molar-refractivity contribution < 1.29 is 14.5 Å². The number of non-ortho nitro benzene ring substituents is 1. The molecule has 23 heavy (non-hydrogen) atoms. The monoisotopic (exact) mass is 375 g/mol. The van der Waals surface area contributed by atoms with Gasteiger partial charge in [0.2, 0.25) is 0 Å². The standard InChI is InChI=1S/C17H14BrNO4/c18-14-8-13-10-1-2-11(7-10)15(13)16(14)23-17(20)9-3-5-12(6-4-9)19(21)22/h1-6,8,10-11,13,15-16H,7H2/t10-,11-,13-,15+,16+/m0/s1. The summed E-state index contributed by atoms with van der Waals surface area (Å²) in [6.45, 7) is 0. The van der Waals surface area contributed by atoms with Crippen LogP contribution in [0, 0.1) is 33.8 Å².